The number of carbonyl (C=O) groups is 1. The van der Waals surface area contributed by atoms with Crippen molar-refractivity contribution in [2.24, 2.45) is 0 Å². The lowest BCUT2D eigenvalue weighted by atomic mass is 10.0. The number of nitrogens with one attached hydrogen (secondary N) is 2. The maximum atomic E-state index is 11.8. The molecule has 2 N–H and O–H groups in total. The quantitative estimate of drug-likeness (QED) is 0.745. The fraction of sp³-hybridized carbons (Fsp3) is 0.632. The summed E-state index contributed by atoms with van der Waals surface area (Å²) in [5.41, 5.74) is 0.821. The van der Waals surface area contributed by atoms with Crippen molar-refractivity contribution in [2.45, 2.75) is 71.6 Å². The summed E-state index contributed by atoms with van der Waals surface area (Å²) < 4.78 is 5.30. The van der Waals surface area contributed by atoms with Crippen molar-refractivity contribution >= 4 is 6.09 Å². The highest BCUT2D eigenvalue weighted by Gasteiger charge is 2.19. The minimum absolute atomic E-state index is 0.234. The normalized spacial score (nSPS) is 14.1. The summed E-state index contributed by atoms with van der Waals surface area (Å²) in [5, 5.41) is 6.55. The van der Waals surface area contributed by atoms with Gasteiger partial charge in [-0.15, -0.1) is 0 Å². The molecule has 0 aliphatic heterocycles. The van der Waals surface area contributed by atoms with Gasteiger partial charge in [-0.05, 0) is 39.2 Å². The van der Waals surface area contributed by atoms with Gasteiger partial charge in [0.1, 0.15) is 5.60 Å². The molecule has 1 aromatic rings. The van der Waals surface area contributed by atoms with Crippen LogP contribution in [-0.4, -0.2) is 24.3 Å². The van der Waals surface area contributed by atoms with Crippen LogP contribution in [0.3, 0.4) is 0 Å². The zero-order chi connectivity index (χ0) is 17.3. The molecule has 0 aliphatic carbocycles. The highest BCUT2D eigenvalue weighted by atomic mass is 16.6. The molecule has 0 saturated carbocycles. The maximum Gasteiger partial charge on any atom is 0.407 e. The predicted octanol–water partition coefficient (Wildman–Crippen LogP) is 4.42. The van der Waals surface area contributed by atoms with E-state index in [4.69, 9.17) is 4.74 Å². The number of rotatable bonds is 8. The second-order valence-corrected chi connectivity index (χ2v) is 6.91. The standard InChI is InChI=1S/C19H32N2O2/c1-6-11-16(14-20-18(22)23-19(3,4)5)21-17(7-2)15-12-9-8-10-13-15/h8-10,12-13,16-17,21H,6-7,11,14H2,1-5H3,(H,20,22). The average Bonchev–Trinajstić information content (AvgIpc) is 2.49. The van der Waals surface area contributed by atoms with Crippen LogP contribution in [0.2, 0.25) is 0 Å². The van der Waals surface area contributed by atoms with Crippen molar-refractivity contribution in [3.8, 4) is 0 Å². The first-order valence-corrected chi connectivity index (χ1v) is 8.63. The number of ether oxygens (including phenoxy) is 1. The van der Waals surface area contributed by atoms with Crippen molar-refractivity contribution in [2.75, 3.05) is 6.54 Å². The van der Waals surface area contributed by atoms with E-state index >= 15 is 0 Å². The van der Waals surface area contributed by atoms with Crippen molar-refractivity contribution in [1.82, 2.24) is 10.6 Å². The molecule has 2 unspecified atom stereocenters. The molecule has 1 rings (SSSR count). The molecule has 23 heavy (non-hydrogen) atoms. The number of hydrogen-bond acceptors (Lipinski definition) is 3. The van der Waals surface area contributed by atoms with E-state index in [2.05, 4.69) is 48.7 Å². The Balaban J connectivity index is 2.58. The first-order valence-electron chi connectivity index (χ1n) is 8.63. The Morgan fingerprint density at radius 3 is 2.35 bits per heavy atom. The molecular weight excluding hydrogens is 288 g/mol. The van der Waals surface area contributed by atoms with Crippen LogP contribution in [0.4, 0.5) is 4.79 Å². The zero-order valence-electron chi connectivity index (χ0n) is 15.2. The molecule has 0 heterocycles. The molecule has 130 valence electrons. The van der Waals surface area contributed by atoms with Gasteiger partial charge in [0.05, 0.1) is 0 Å². The predicted molar refractivity (Wildman–Crippen MR) is 95.5 cm³/mol. The smallest absolute Gasteiger partial charge is 0.407 e. The lowest BCUT2D eigenvalue weighted by Gasteiger charge is -2.26. The van der Waals surface area contributed by atoms with E-state index in [9.17, 15) is 4.79 Å². The summed E-state index contributed by atoms with van der Waals surface area (Å²) in [6.45, 7) is 10.5. The molecule has 1 aromatic carbocycles. The van der Waals surface area contributed by atoms with E-state index in [0.29, 0.717) is 12.6 Å². The first-order chi connectivity index (χ1) is 10.9. The number of benzene rings is 1. The van der Waals surface area contributed by atoms with Crippen LogP contribution in [0.5, 0.6) is 0 Å². The summed E-state index contributed by atoms with van der Waals surface area (Å²) in [6.07, 6.45) is 2.74. The second kappa shape index (κ2) is 9.56. The van der Waals surface area contributed by atoms with Crippen molar-refractivity contribution in [1.29, 1.82) is 0 Å². The fourth-order valence-electron chi connectivity index (χ4n) is 2.53. The molecule has 0 saturated heterocycles. The van der Waals surface area contributed by atoms with Crippen LogP contribution >= 0.6 is 0 Å². The third kappa shape index (κ3) is 8.03. The average molecular weight is 320 g/mol. The number of carbonyl (C=O) groups excluding carboxylic acids is 1. The van der Waals surface area contributed by atoms with Gasteiger partial charge in [-0.2, -0.15) is 0 Å². The highest BCUT2D eigenvalue weighted by molar-refractivity contribution is 5.67. The Labute approximate surface area is 141 Å². The molecule has 0 bridgehead atoms. The lowest BCUT2D eigenvalue weighted by molar-refractivity contribution is 0.0521. The molecular formula is C19H32N2O2. The summed E-state index contributed by atoms with van der Waals surface area (Å²) in [5.74, 6) is 0. The fourth-order valence-corrected chi connectivity index (χ4v) is 2.53. The van der Waals surface area contributed by atoms with Gasteiger partial charge in [-0.1, -0.05) is 50.6 Å². The van der Waals surface area contributed by atoms with Gasteiger partial charge in [0.25, 0.3) is 0 Å². The summed E-state index contributed by atoms with van der Waals surface area (Å²) in [6, 6.07) is 11.0. The van der Waals surface area contributed by atoms with E-state index in [1.807, 2.05) is 26.8 Å². The monoisotopic (exact) mass is 320 g/mol. The van der Waals surface area contributed by atoms with Crippen molar-refractivity contribution in [3.63, 3.8) is 0 Å². The lowest BCUT2D eigenvalue weighted by Crippen LogP contribution is -2.43. The van der Waals surface area contributed by atoms with Gasteiger partial charge in [0.15, 0.2) is 0 Å². The van der Waals surface area contributed by atoms with Crippen molar-refractivity contribution < 1.29 is 9.53 Å². The third-order valence-corrected chi connectivity index (χ3v) is 3.58. The molecule has 0 aromatic heterocycles. The first kappa shape index (κ1) is 19.5. The van der Waals surface area contributed by atoms with E-state index in [1.54, 1.807) is 0 Å². The van der Waals surface area contributed by atoms with Crippen LogP contribution in [0.15, 0.2) is 30.3 Å². The largest absolute Gasteiger partial charge is 0.444 e. The van der Waals surface area contributed by atoms with Gasteiger partial charge >= 0.3 is 6.09 Å². The van der Waals surface area contributed by atoms with Crippen LogP contribution in [0.25, 0.3) is 0 Å². The van der Waals surface area contributed by atoms with E-state index in [-0.39, 0.29) is 12.1 Å². The molecule has 1 amide bonds. The SMILES string of the molecule is CCCC(CNC(=O)OC(C)(C)C)NC(CC)c1ccccc1. The molecule has 4 nitrogen and oxygen atoms in total. The summed E-state index contributed by atoms with van der Waals surface area (Å²) in [7, 11) is 0. The summed E-state index contributed by atoms with van der Waals surface area (Å²) in [4.78, 5) is 11.8. The van der Waals surface area contributed by atoms with Gasteiger partial charge in [0, 0.05) is 18.6 Å². The summed E-state index contributed by atoms with van der Waals surface area (Å²) >= 11 is 0. The van der Waals surface area contributed by atoms with E-state index in [1.165, 1.54) is 5.56 Å². The van der Waals surface area contributed by atoms with Gasteiger partial charge in [0.2, 0.25) is 0 Å². The van der Waals surface area contributed by atoms with Crippen LogP contribution in [-0.2, 0) is 4.74 Å². The zero-order valence-corrected chi connectivity index (χ0v) is 15.2. The van der Waals surface area contributed by atoms with Crippen molar-refractivity contribution in [3.05, 3.63) is 35.9 Å². The minimum atomic E-state index is -0.465. The number of hydrogen-bond donors (Lipinski definition) is 2. The van der Waals surface area contributed by atoms with E-state index in [0.717, 1.165) is 19.3 Å². The molecule has 2 atom stereocenters. The Morgan fingerprint density at radius 2 is 1.83 bits per heavy atom. The maximum absolute atomic E-state index is 11.8. The Kier molecular flexibility index (Phi) is 8.10. The van der Waals surface area contributed by atoms with Crippen LogP contribution < -0.4 is 10.6 Å². The van der Waals surface area contributed by atoms with Crippen LogP contribution in [0.1, 0.15) is 65.5 Å². The highest BCUT2D eigenvalue weighted by Crippen LogP contribution is 2.17. The van der Waals surface area contributed by atoms with Gasteiger partial charge in [-0.25, -0.2) is 4.79 Å². The molecule has 4 heteroatoms. The van der Waals surface area contributed by atoms with Crippen LogP contribution in [0, 0.1) is 0 Å². The molecule has 0 fully saturated rings. The third-order valence-electron chi connectivity index (χ3n) is 3.58. The topological polar surface area (TPSA) is 50.4 Å². The number of amides is 1. The van der Waals surface area contributed by atoms with Gasteiger partial charge in [-0.3, -0.25) is 0 Å². The second-order valence-electron chi connectivity index (χ2n) is 6.91. The van der Waals surface area contributed by atoms with Gasteiger partial charge < -0.3 is 15.4 Å². The minimum Gasteiger partial charge on any atom is -0.444 e. The Morgan fingerprint density at radius 1 is 1.17 bits per heavy atom. The molecule has 0 radical (unpaired) electrons. The molecule has 0 aliphatic rings. The molecule has 0 spiro atoms. The Bertz CT molecular complexity index is 454. The number of alkyl carbamates (subject to hydrolysis) is 1. The van der Waals surface area contributed by atoms with E-state index < -0.39 is 5.60 Å². The Hall–Kier alpha value is -1.55.